The third-order valence-corrected chi connectivity index (χ3v) is 4.57. The normalized spacial score (nSPS) is 22.5. The van der Waals surface area contributed by atoms with Gasteiger partial charge in [0.1, 0.15) is 17.9 Å². The number of rotatable bonds is 5. The Kier molecular flexibility index (Phi) is 5.94. The number of aromatic nitrogens is 2. The van der Waals surface area contributed by atoms with Crippen molar-refractivity contribution >= 4 is 11.6 Å². The molecule has 0 bridgehead atoms. The molecule has 28 heavy (non-hydrogen) atoms. The van der Waals surface area contributed by atoms with Crippen LogP contribution < -0.4 is 11.2 Å². The van der Waals surface area contributed by atoms with E-state index >= 15 is 0 Å². The fourth-order valence-electron chi connectivity index (χ4n) is 2.90. The number of ether oxygens (including phenoxy) is 2. The maximum atomic E-state index is 13.0. The maximum Gasteiger partial charge on any atom is 0.423 e. The molecule has 11 heteroatoms. The first-order chi connectivity index (χ1) is 13.2. The molecule has 0 spiro atoms. The lowest BCUT2D eigenvalue weighted by atomic mass is 10.1. The van der Waals surface area contributed by atoms with E-state index in [0.717, 1.165) is 5.56 Å². The molecule has 1 fully saturated rings. The van der Waals surface area contributed by atoms with Gasteiger partial charge in [-0.2, -0.15) is 13.2 Å². The van der Waals surface area contributed by atoms with E-state index in [0.29, 0.717) is 15.8 Å². The highest BCUT2D eigenvalue weighted by molar-refractivity contribution is 6.30. The third-order valence-electron chi connectivity index (χ3n) is 4.32. The molecule has 1 saturated heterocycles. The smallest absolute Gasteiger partial charge is 0.394 e. The summed E-state index contributed by atoms with van der Waals surface area (Å²) in [4.78, 5) is 25.0. The molecule has 2 heterocycles. The minimum Gasteiger partial charge on any atom is -0.394 e. The second-order valence-corrected chi connectivity index (χ2v) is 6.67. The van der Waals surface area contributed by atoms with Crippen molar-refractivity contribution in [3.63, 3.8) is 0 Å². The first kappa shape index (κ1) is 20.6. The van der Waals surface area contributed by atoms with Crippen molar-refractivity contribution < 1.29 is 27.8 Å². The van der Waals surface area contributed by atoms with Crippen LogP contribution in [0.1, 0.15) is 23.8 Å². The van der Waals surface area contributed by atoms with Gasteiger partial charge >= 0.3 is 11.9 Å². The van der Waals surface area contributed by atoms with E-state index < -0.39 is 48.0 Å². The summed E-state index contributed by atoms with van der Waals surface area (Å²) in [6, 6.07) is 6.84. The molecule has 1 aliphatic heterocycles. The number of H-pyrrole nitrogens is 1. The molecule has 1 aliphatic rings. The van der Waals surface area contributed by atoms with E-state index in [2.05, 4.69) is 0 Å². The molecule has 0 saturated carbocycles. The summed E-state index contributed by atoms with van der Waals surface area (Å²) in [5.41, 5.74) is -3.29. The molecule has 7 nitrogen and oxygen atoms in total. The largest absolute Gasteiger partial charge is 0.423 e. The zero-order chi connectivity index (χ0) is 20.5. The molecule has 0 amide bonds. The number of alkyl halides is 3. The van der Waals surface area contributed by atoms with Crippen molar-refractivity contribution in [3.8, 4) is 0 Å². The fraction of sp³-hybridized carbons (Fsp3) is 0.412. The van der Waals surface area contributed by atoms with Gasteiger partial charge in [0.2, 0.25) is 0 Å². The molecule has 0 unspecified atom stereocenters. The first-order valence-corrected chi connectivity index (χ1v) is 8.62. The maximum absolute atomic E-state index is 13.0. The molecule has 1 aromatic heterocycles. The van der Waals surface area contributed by atoms with Gasteiger partial charge in [0.15, 0.2) is 0 Å². The molecule has 0 radical (unpaired) electrons. The second kappa shape index (κ2) is 8.08. The SMILES string of the molecule is O=c1[nH]c(=O)n([C@H]2C[C@H](OCc3ccc(Cl)cc3)[C@@H](CO)O2)cc1C(F)(F)F. The summed E-state index contributed by atoms with van der Waals surface area (Å²) in [6.45, 7) is -0.297. The Balaban J connectivity index is 1.78. The number of aliphatic hydroxyl groups is 1. The average Bonchev–Trinajstić information content (AvgIpc) is 3.03. The van der Waals surface area contributed by atoms with E-state index in [1.165, 1.54) is 0 Å². The number of hydrogen-bond acceptors (Lipinski definition) is 5. The number of aromatic amines is 1. The van der Waals surface area contributed by atoms with Crippen molar-refractivity contribution in [1.82, 2.24) is 9.55 Å². The lowest BCUT2D eigenvalue weighted by molar-refractivity contribution is -0.139. The van der Waals surface area contributed by atoms with Gasteiger partial charge in [0.25, 0.3) is 5.56 Å². The lowest BCUT2D eigenvalue weighted by Crippen LogP contribution is -2.36. The predicted octanol–water partition coefficient (Wildman–Crippen LogP) is 2.07. The van der Waals surface area contributed by atoms with Gasteiger partial charge in [0.05, 0.1) is 19.3 Å². The quantitative estimate of drug-likeness (QED) is 0.772. The Bertz CT molecular complexity index is 942. The van der Waals surface area contributed by atoms with Crippen molar-refractivity contribution in [1.29, 1.82) is 0 Å². The highest BCUT2D eigenvalue weighted by atomic mass is 35.5. The van der Waals surface area contributed by atoms with Gasteiger partial charge in [0, 0.05) is 17.6 Å². The van der Waals surface area contributed by atoms with Crippen molar-refractivity contribution in [2.75, 3.05) is 6.61 Å². The number of aliphatic hydroxyl groups excluding tert-OH is 1. The lowest BCUT2D eigenvalue weighted by Gasteiger charge is -2.16. The van der Waals surface area contributed by atoms with Crippen LogP contribution in [0.25, 0.3) is 0 Å². The summed E-state index contributed by atoms with van der Waals surface area (Å²) in [7, 11) is 0. The Morgan fingerprint density at radius 3 is 2.57 bits per heavy atom. The fourth-order valence-corrected chi connectivity index (χ4v) is 3.02. The van der Waals surface area contributed by atoms with Crippen LogP contribution >= 0.6 is 11.6 Å². The van der Waals surface area contributed by atoms with Crippen molar-refractivity contribution in [2.24, 2.45) is 0 Å². The van der Waals surface area contributed by atoms with Gasteiger partial charge in [-0.3, -0.25) is 14.3 Å². The minimum atomic E-state index is -4.93. The van der Waals surface area contributed by atoms with Crippen LogP contribution in [0.4, 0.5) is 13.2 Å². The van der Waals surface area contributed by atoms with E-state index in [4.69, 9.17) is 21.1 Å². The molecular formula is C17H16ClF3N2O5. The van der Waals surface area contributed by atoms with Crippen LogP contribution in [0.2, 0.25) is 5.02 Å². The van der Waals surface area contributed by atoms with E-state index in [1.54, 1.807) is 29.2 Å². The zero-order valence-electron chi connectivity index (χ0n) is 14.3. The molecule has 152 valence electrons. The summed E-state index contributed by atoms with van der Waals surface area (Å²) in [6.07, 6.45) is -7.13. The van der Waals surface area contributed by atoms with Gasteiger partial charge in [-0.1, -0.05) is 23.7 Å². The van der Waals surface area contributed by atoms with Gasteiger partial charge in [-0.25, -0.2) is 4.79 Å². The molecular weight excluding hydrogens is 405 g/mol. The van der Waals surface area contributed by atoms with E-state index in [9.17, 15) is 27.9 Å². The van der Waals surface area contributed by atoms with Crippen LogP contribution in [0.3, 0.4) is 0 Å². The summed E-state index contributed by atoms with van der Waals surface area (Å²) < 4.78 is 50.7. The third kappa shape index (κ3) is 4.46. The van der Waals surface area contributed by atoms with E-state index in [1.807, 2.05) is 0 Å². The van der Waals surface area contributed by atoms with Crippen molar-refractivity contribution in [3.05, 3.63) is 67.4 Å². The first-order valence-electron chi connectivity index (χ1n) is 8.24. The summed E-state index contributed by atoms with van der Waals surface area (Å²) in [5, 5.41) is 10.0. The summed E-state index contributed by atoms with van der Waals surface area (Å²) >= 11 is 5.81. The molecule has 3 atom stereocenters. The molecule has 2 aromatic rings. The highest BCUT2D eigenvalue weighted by Gasteiger charge is 2.39. The van der Waals surface area contributed by atoms with Crippen LogP contribution in [0.5, 0.6) is 0 Å². The number of halogens is 4. The Morgan fingerprint density at radius 1 is 1.29 bits per heavy atom. The van der Waals surface area contributed by atoms with Gasteiger partial charge in [-0.05, 0) is 17.7 Å². The Labute approximate surface area is 161 Å². The van der Waals surface area contributed by atoms with E-state index in [-0.39, 0.29) is 13.0 Å². The van der Waals surface area contributed by atoms with Crippen LogP contribution in [0, 0.1) is 0 Å². The van der Waals surface area contributed by atoms with Gasteiger partial charge in [-0.15, -0.1) is 0 Å². The molecule has 2 N–H and O–H groups in total. The highest BCUT2D eigenvalue weighted by Crippen LogP contribution is 2.32. The van der Waals surface area contributed by atoms with Crippen LogP contribution in [-0.2, 0) is 22.3 Å². The average molecular weight is 421 g/mol. The Hall–Kier alpha value is -2.14. The second-order valence-electron chi connectivity index (χ2n) is 6.23. The standard InChI is InChI=1S/C17H16ClF3N2O5/c18-10-3-1-9(2-4-10)8-27-12-5-14(28-13(12)7-24)23-6-11(17(19,20)21)15(25)22-16(23)26/h1-4,6,12-14,24H,5,7-8H2,(H,22,25,26)/t12-,13+,14+/m0/s1. The monoisotopic (exact) mass is 420 g/mol. The predicted molar refractivity (Wildman–Crippen MR) is 92.0 cm³/mol. The Morgan fingerprint density at radius 2 is 1.96 bits per heavy atom. The van der Waals surface area contributed by atoms with Gasteiger partial charge < -0.3 is 14.6 Å². The number of benzene rings is 1. The van der Waals surface area contributed by atoms with Crippen LogP contribution in [0.15, 0.2) is 40.1 Å². The summed E-state index contributed by atoms with van der Waals surface area (Å²) in [5.74, 6) is 0. The molecule has 3 rings (SSSR count). The number of nitrogens with one attached hydrogen (secondary N) is 1. The molecule has 0 aliphatic carbocycles. The topological polar surface area (TPSA) is 93.6 Å². The zero-order valence-corrected chi connectivity index (χ0v) is 15.0. The minimum absolute atomic E-state index is 0.0159. The molecule has 1 aromatic carbocycles. The van der Waals surface area contributed by atoms with Crippen LogP contribution in [-0.4, -0.2) is 33.5 Å². The number of hydrogen-bond donors (Lipinski definition) is 2. The number of nitrogens with zero attached hydrogens (tertiary/aromatic N) is 1. The van der Waals surface area contributed by atoms with Crippen molar-refractivity contribution in [2.45, 2.75) is 37.6 Å².